The molecule has 6 rings (SSSR count). The van der Waals surface area contributed by atoms with Gasteiger partial charge in [-0.25, -0.2) is 9.37 Å². The second kappa shape index (κ2) is 8.95. The van der Waals surface area contributed by atoms with Crippen molar-refractivity contribution in [3.63, 3.8) is 0 Å². The number of ether oxygens (including phenoxy) is 1. The van der Waals surface area contributed by atoms with Crippen LogP contribution in [0.1, 0.15) is 6.92 Å². The van der Waals surface area contributed by atoms with Gasteiger partial charge >= 0.3 is 0 Å². The summed E-state index contributed by atoms with van der Waals surface area (Å²) in [4.78, 5) is 25.4. The summed E-state index contributed by atoms with van der Waals surface area (Å²) < 4.78 is 23.2. The van der Waals surface area contributed by atoms with Crippen molar-refractivity contribution < 1.29 is 9.13 Å². The van der Waals surface area contributed by atoms with E-state index in [0.29, 0.717) is 36.0 Å². The molecule has 0 radical (unpaired) electrons. The van der Waals surface area contributed by atoms with Crippen LogP contribution in [0.5, 0.6) is 5.75 Å². The van der Waals surface area contributed by atoms with Crippen molar-refractivity contribution in [1.29, 1.82) is 0 Å². The fourth-order valence-electron chi connectivity index (χ4n) is 5.35. The Morgan fingerprint density at radius 3 is 2.76 bits per heavy atom. The average Bonchev–Trinajstić information content (AvgIpc) is 3.23. The van der Waals surface area contributed by atoms with E-state index in [0.717, 1.165) is 30.7 Å². The van der Waals surface area contributed by atoms with Crippen LogP contribution in [0.3, 0.4) is 0 Å². The predicted octanol–water partition coefficient (Wildman–Crippen LogP) is 1.93. The SMILES string of the molecule is CCOc1cccc(-n2nnnc2N2C[C@@H]3C(N(C)c4nc(-c5ccncc5F)cc(=O)n4C)[C@@H]3C2)c1. The fraction of sp³-hybridized carbons (Fsp3) is 0.360. The first-order valence-corrected chi connectivity index (χ1v) is 12.1. The number of rotatable bonds is 7. The van der Waals surface area contributed by atoms with E-state index in [1.54, 1.807) is 11.7 Å². The van der Waals surface area contributed by atoms with Crippen molar-refractivity contribution in [2.45, 2.75) is 13.0 Å². The Kier molecular flexibility index (Phi) is 5.58. The molecule has 37 heavy (non-hydrogen) atoms. The Bertz CT molecular complexity index is 1510. The quantitative estimate of drug-likeness (QED) is 0.374. The number of hydrogen-bond acceptors (Lipinski definition) is 9. The molecule has 1 unspecified atom stereocenters. The fourth-order valence-corrected chi connectivity index (χ4v) is 5.35. The van der Waals surface area contributed by atoms with E-state index < -0.39 is 5.82 Å². The van der Waals surface area contributed by atoms with Crippen molar-refractivity contribution in [2.24, 2.45) is 18.9 Å². The molecule has 11 nitrogen and oxygen atoms in total. The van der Waals surface area contributed by atoms with Gasteiger partial charge in [-0.05, 0) is 35.5 Å². The second-order valence-electron chi connectivity index (χ2n) is 9.35. The number of fused-ring (bicyclic) bond motifs is 1. The van der Waals surface area contributed by atoms with E-state index in [9.17, 15) is 9.18 Å². The van der Waals surface area contributed by atoms with E-state index in [4.69, 9.17) is 4.74 Å². The third-order valence-electron chi connectivity index (χ3n) is 7.18. The molecule has 0 spiro atoms. The number of pyridine rings is 1. The molecule has 1 saturated carbocycles. The van der Waals surface area contributed by atoms with Crippen LogP contribution in [0.15, 0.2) is 53.6 Å². The van der Waals surface area contributed by atoms with Crippen molar-refractivity contribution in [3.05, 3.63) is 65.0 Å². The van der Waals surface area contributed by atoms with Gasteiger partial charge in [0.05, 0.1) is 24.2 Å². The number of hydrogen-bond donors (Lipinski definition) is 0. The lowest BCUT2D eigenvalue weighted by Crippen LogP contribution is -2.37. The Morgan fingerprint density at radius 2 is 2.00 bits per heavy atom. The van der Waals surface area contributed by atoms with Gasteiger partial charge in [-0.1, -0.05) is 11.2 Å². The molecule has 1 aromatic carbocycles. The van der Waals surface area contributed by atoms with Gasteiger partial charge in [0, 0.05) is 69.0 Å². The summed E-state index contributed by atoms with van der Waals surface area (Å²) in [6.45, 7) is 4.08. The summed E-state index contributed by atoms with van der Waals surface area (Å²) in [5, 5.41) is 12.4. The van der Waals surface area contributed by atoms with Crippen LogP contribution in [0, 0.1) is 17.7 Å². The Morgan fingerprint density at radius 1 is 1.19 bits per heavy atom. The number of tetrazole rings is 1. The first-order valence-electron chi connectivity index (χ1n) is 12.1. The summed E-state index contributed by atoms with van der Waals surface area (Å²) in [5.74, 6) is 2.16. The molecule has 1 aliphatic carbocycles. The lowest BCUT2D eigenvalue weighted by atomic mass is 10.2. The van der Waals surface area contributed by atoms with Crippen molar-refractivity contribution in [1.82, 2.24) is 34.7 Å². The highest BCUT2D eigenvalue weighted by Crippen LogP contribution is 2.50. The van der Waals surface area contributed by atoms with Crippen LogP contribution in [-0.2, 0) is 7.05 Å². The lowest BCUT2D eigenvalue weighted by Gasteiger charge is -2.26. The van der Waals surface area contributed by atoms with Gasteiger partial charge in [-0.2, -0.15) is 4.68 Å². The van der Waals surface area contributed by atoms with Crippen LogP contribution in [0.4, 0.5) is 16.3 Å². The molecule has 4 heterocycles. The molecule has 3 atom stereocenters. The molecule has 190 valence electrons. The van der Waals surface area contributed by atoms with Crippen LogP contribution in [0.25, 0.3) is 16.9 Å². The van der Waals surface area contributed by atoms with Crippen LogP contribution >= 0.6 is 0 Å². The molecule has 0 bridgehead atoms. The number of aromatic nitrogens is 7. The molecule has 0 amide bonds. The zero-order valence-corrected chi connectivity index (χ0v) is 20.7. The normalized spacial score (nSPS) is 20.1. The third-order valence-corrected chi connectivity index (χ3v) is 7.18. The zero-order valence-electron chi connectivity index (χ0n) is 20.7. The largest absolute Gasteiger partial charge is 0.494 e. The first kappa shape index (κ1) is 23.1. The maximum absolute atomic E-state index is 14.3. The highest BCUT2D eigenvalue weighted by atomic mass is 19.1. The van der Waals surface area contributed by atoms with Gasteiger partial charge in [-0.3, -0.25) is 14.3 Å². The smallest absolute Gasteiger partial charge is 0.255 e. The lowest BCUT2D eigenvalue weighted by molar-refractivity contribution is 0.340. The Labute approximate surface area is 212 Å². The Hall–Kier alpha value is -4.35. The molecule has 4 aromatic rings. The monoisotopic (exact) mass is 503 g/mol. The Balaban J connectivity index is 1.21. The molecule has 1 saturated heterocycles. The summed E-state index contributed by atoms with van der Waals surface area (Å²) in [6.07, 6.45) is 2.61. The maximum Gasteiger partial charge on any atom is 0.255 e. The number of benzene rings is 1. The topological polar surface area (TPSA) is 107 Å². The van der Waals surface area contributed by atoms with Gasteiger partial charge in [0.2, 0.25) is 11.9 Å². The molecule has 2 aliphatic rings. The maximum atomic E-state index is 14.3. The van der Waals surface area contributed by atoms with Crippen LogP contribution in [-0.4, -0.2) is 67.5 Å². The van der Waals surface area contributed by atoms with Crippen LogP contribution in [0.2, 0.25) is 0 Å². The van der Waals surface area contributed by atoms with Gasteiger partial charge in [0.1, 0.15) is 5.75 Å². The summed E-state index contributed by atoms with van der Waals surface area (Å²) in [6, 6.07) is 10.8. The van der Waals surface area contributed by atoms with Crippen molar-refractivity contribution in [2.75, 3.05) is 36.5 Å². The van der Waals surface area contributed by atoms with E-state index in [-0.39, 0.29) is 17.2 Å². The molecule has 0 N–H and O–H groups in total. The van der Waals surface area contributed by atoms with E-state index in [1.165, 1.54) is 22.9 Å². The highest BCUT2D eigenvalue weighted by molar-refractivity contribution is 5.61. The van der Waals surface area contributed by atoms with E-state index in [1.807, 2.05) is 43.1 Å². The predicted molar refractivity (Wildman–Crippen MR) is 134 cm³/mol. The minimum absolute atomic E-state index is 0.206. The van der Waals surface area contributed by atoms with Gasteiger partial charge in [-0.15, -0.1) is 0 Å². The molecule has 1 aliphatic heterocycles. The summed E-state index contributed by atoms with van der Waals surface area (Å²) in [7, 11) is 3.62. The van der Waals surface area contributed by atoms with Crippen LogP contribution < -0.4 is 20.1 Å². The van der Waals surface area contributed by atoms with Crippen molar-refractivity contribution >= 4 is 11.9 Å². The molecular formula is C25H26FN9O2. The standard InChI is InChI=1S/C25H26FN9O2/c1-4-37-16-7-5-6-15(10-16)35-25(29-30-31-35)34-13-18-19(14-34)23(18)33(3)24-28-21(11-22(36)32(24)2)17-8-9-27-12-20(17)26/h5-12,18-19,23H,4,13-14H2,1-3H3/t18-,19+,23?. The second-order valence-corrected chi connectivity index (χ2v) is 9.35. The molecule has 2 fully saturated rings. The molecule has 3 aromatic heterocycles. The molecule has 12 heteroatoms. The average molecular weight is 504 g/mol. The van der Waals surface area contributed by atoms with Gasteiger partial charge < -0.3 is 14.5 Å². The van der Waals surface area contributed by atoms with Crippen molar-refractivity contribution in [3.8, 4) is 22.7 Å². The highest BCUT2D eigenvalue weighted by Gasteiger charge is 2.59. The first-order chi connectivity index (χ1) is 18.0. The summed E-state index contributed by atoms with van der Waals surface area (Å²) >= 11 is 0. The minimum atomic E-state index is -0.514. The number of anilines is 2. The number of piperidine rings is 1. The number of halogens is 1. The third kappa shape index (κ3) is 3.98. The van der Waals surface area contributed by atoms with E-state index >= 15 is 0 Å². The van der Waals surface area contributed by atoms with Gasteiger partial charge in [0.25, 0.3) is 5.56 Å². The van der Waals surface area contributed by atoms with E-state index in [2.05, 4.69) is 30.4 Å². The number of nitrogens with zero attached hydrogens (tertiary/aromatic N) is 9. The summed E-state index contributed by atoms with van der Waals surface area (Å²) in [5.41, 5.74) is 1.14. The van der Waals surface area contributed by atoms with Gasteiger partial charge in [0.15, 0.2) is 5.82 Å². The molecular weight excluding hydrogens is 477 g/mol. The minimum Gasteiger partial charge on any atom is -0.494 e. The zero-order chi connectivity index (χ0) is 25.7.